The zero-order chi connectivity index (χ0) is 14.2. The molecular weight excluding hydrogens is 289 g/mol. The van der Waals surface area contributed by atoms with Gasteiger partial charge >= 0.3 is 0 Å². The number of halogens is 4. The summed E-state index contributed by atoms with van der Waals surface area (Å²) >= 11 is 12.3. The van der Waals surface area contributed by atoms with Gasteiger partial charge in [0, 0.05) is 5.02 Å². The van der Waals surface area contributed by atoms with Crippen LogP contribution in [-0.2, 0) is 0 Å². The van der Waals surface area contributed by atoms with E-state index in [1.807, 2.05) is 0 Å². The van der Waals surface area contributed by atoms with E-state index in [-0.39, 0.29) is 10.8 Å². The molecule has 2 aromatic carbocycles. The third-order valence-corrected chi connectivity index (χ3v) is 3.80. The van der Waals surface area contributed by atoms with Crippen molar-refractivity contribution in [2.45, 2.75) is 19.2 Å². The quantitative estimate of drug-likeness (QED) is 0.637. The predicted octanol–water partition coefficient (Wildman–Crippen LogP) is 5.56. The first-order valence-electron chi connectivity index (χ1n) is 5.76. The minimum Gasteiger partial charge on any atom is -0.207 e. The lowest BCUT2D eigenvalue weighted by atomic mass is 9.99. The number of benzene rings is 2. The molecule has 0 amide bonds. The molecule has 0 fully saturated rings. The van der Waals surface area contributed by atoms with Crippen LogP contribution in [0.15, 0.2) is 30.3 Å². The number of aryl methyl sites for hydroxylation is 2. The lowest BCUT2D eigenvalue weighted by Gasteiger charge is -2.14. The Hall–Kier alpha value is -1.12. The third kappa shape index (κ3) is 2.90. The highest BCUT2D eigenvalue weighted by atomic mass is 35.5. The lowest BCUT2D eigenvalue weighted by Crippen LogP contribution is -1.98. The Kier molecular flexibility index (Phi) is 4.12. The van der Waals surface area contributed by atoms with Crippen molar-refractivity contribution in [3.8, 4) is 0 Å². The monoisotopic (exact) mass is 300 g/mol. The summed E-state index contributed by atoms with van der Waals surface area (Å²) in [6, 6.07) is 7.43. The Balaban J connectivity index is 2.47. The van der Waals surface area contributed by atoms with Gasteiger partial charge in [-0.2, -0.15) is 0 Å². The summed E-state index contributed by atoms with van der Waals surface area (Å²) < 4.78 is 26.6. The van der Waals surface area contributed by atoms with Crippen LogP contribution in [0, 0.1) is 25.5 Å². The minimum absolute atomic E-state index is 0.238. The summed E-state index contributed by atoms with van der Waals surface area (Å²) in [4.78, 5) is 0. The van der Waals surface area contributed by atoms with E-state index < -0.39 is 11.2 Å². The van der Waals surface area contributed by atoms with Gasteiger partial charge < -0.3 is 0 Å². The Morgan fingerprint density at radius 2 is 1.58 bits per heavy atom. The van der Waals surface area contributed by atoms with Crippen molar-refractivity contribution in [2.75, 3.05) is 0 Å². The second kappa shape index (κ2) is 5.48. The van der Waals surface area contributed by atoms with Crippen LogP contribution in [0.2, 0.25) is 5.02 Å². The van der Waals surface area contributed by atoms with E-state index in [4.69, 9.17) is 23.2 Å². The Bertz CT molecular complexity index is 601. The van der Waals surface area contributed by atoms with Crippen molar-refractivity contribution >= 4 is 23.2 Å². The number of hydrogen-bond acceptors (Lipinski definition) is 0. The van der Waals surface area contributed by atoms with Gasteiger partial charge in [0.15, 0.2) is 0 Å². The zero-order valence-corrected chi connectivity index (χ0v) is 12.0. The van der Waals surface area contributed by atoms with Crippen molar-refractivity contribution in [2.24, 2.45) is 0 Å². The van der Waals surface area contributed by atoms with Gasteiger partial charge in [-0.1, -0.05) is 29.8 Å². The van der Waals surface area contributed by atoms with Crippen LogP contribution in [0.3, 0.4) is 0 Å². The molecule has 2 aromatic rings. The molecule has 0 aliphatic heterocycles. The van der Waals surface area contributed by atoms with Crippen LogP contribution in [0.5, 0.6) is 0 Å². The molecule has 100 valence electrons. The molecular formula is C15H12Cl2F2. The van der Waals surface area contributed by atoms with E-state index in [1.54, 1.807) is 32.0 Å². The smallest absolute Gasteiger partial charge is 0.129 e. The van der Waals surface area contributed by atoms with Crippen molar-refractivity contribution in [3.63, 3.8) is 0 Å². The standard InChI is InChI=1S/C15H12Cl2F2/c1-8-5-10(6-9(2)15(8)19)14(17)12-4-3-11(18)7-13(12)16/h3-7,14H,1-2H3. The molecule has 0 N–H and O–H groups in total. The summed E-state index contributed by atoms with van der Waals surface area (Å²) in [5.74, 6) is -0.651. The Labute approximate surface area is 121 Å². The average molecular weight is 301 g/mol. The molecule has 4 heteroatoms. The fourth-order valence-electron chi connectivity index (χ4n) is 2.01. The molecule has 0 heterocycles. The van der Waals surface area contributed by atoms with E-state index in [0.29, 0.717) is 16.7 Å². The minimum atomic E-state index is -0.536. The summed E-state index contributed by atoms with van der Waals surface area (Å²) in [6.07, 6.45) is 0. The molecule has 2 rings (SSSR count). The summed E-state index contributed by atoms with van der Waals surface area (Å²) in [7, 11) is 0. The number of hydrogen-bond donors (Lipinski definition) is 0. The van der Waals surface area contributed by atoms with Crippen molar-refractivity contribution in [1.82, 2.24) is 0 Å². The van der Waals surface area contributed by atoms with Crippen LogP contribution in [0.1, 0.15) is 27.6 Å². The van der Waals surface area contributed by atoms with Gasteiger partial charge in [-0.05, 0) is 48.2 Å². The van der Waals surface area contributed by atoms with Gasteiger partial charge in [0.25, 0.3) is 0 Å². The van der Waals surface area contributed by atoms with Crippen LogP contribution in [0.25, 0.3) is 0 Å². The molecule has 0 spiro atoms. The highest BCUT2D eigenvalue weighted by Crippen LogP contribution is 2.35. The van der Waals surface area contributed by atoms with E-state index in [1.165, 1.54) is 12.1 Å². The van der Waals surface area contributed by atoms with Gasteiger partial charge in [-0.3, -0.25) is 0 Å². The van der Waals surface area contributed by atoms with E-state index >= 15 is 0 Å². The van der Waals surface area contributed by atoms with E-state index in [9.17, 15) is 8.78 Å². The van der Waals surface area contributed by atoms with Crippen molar-refractivity contribution in [3.05, 3.63) is 69.2 Å². The molecule has 0 aliphatic carbocycles. The van der Waals surface area contributed by atoms with Gasteiger partial charge in [0.2, 0.25) is 0 Å². The average Bonchev–Trinajstić information content (AvgIpc) is 2.34. The number of rotatable bonds is 2. The SMILES string of the molecule is Cc1cc(C(Cl)c2ccc(F)cc2Cl)cc(C)c1F. The topological polar surface area (TPSA) is 0 Å². The van der Waals surface area contributed by atoms with Gasteiger partial charge in [0.05, 0.1) is 5.38 Å². The first-order valence-corrected chi connectivity index (χ1v) is 6.57. The first kappa shape index (κ1) is 14.3. The molecule has 0 aromatic heterocycles. The molecule has 0 aliphatic rings. The molecule has 19 heavy (non-hydrogen) atoms. The highest BCUT2D eigenvalue weighted by molar-refractivity contribution is 6.33. The summed E-state index contributed by atoms with van der Waals surface area (Å²) in [5, 5.41) is -0.272. The van der Waals surface area contributed by atoms with E-state index in [2.05, 4.69) is 0 Å². The lowest BCUT2D eigenvalue weighted by molar-refractivity contribution is 0.608. The van der Waals surface area contributed by atoms with Crippen molar-refractivity contribution in [1.29, 1.82) is 0 Å². The Morgan fingerprint density at radius 3 is 2.11 bits per heavy atom. The molecule has 0 nitrogen and oxygen atoms in total. The number of alkyl halides is 1. The van der Waals surface area contributed by atoms with Gasteiger partial charge in [-0.25, -0.2) is 8.78 Å². The molecule has 0 saturated heterocycles. The maximum atomic E-state index is 13.6. The normalized spacial score (nSPS) is 12.5. The van der Waals surface area contributed by atoms with E-state index in [0.717, 1.165) is 5.56 Å². The Morgan fingerprint density at radius 1 is 1.00 bits per heavy atom. The molecule has 1 atom stereocenters. The van der Waals surface area contributed by atoms with Gasteiger partial charge in [0.1, 0.15) is 11.6 Å². The molecule has 1 unspecified atom stereocenters. The predicted molar refractivity (Wildman–Crippen MR) is 75.0 cm³/mol. The highest BCUT2D eigenvalue weighted by Gasteiger charge is 2.17. The van der Waals surface area contributed by atoms with Crippen molar-refractivity contribution < 1.29 is 8.78 Å². The van der Waals surface area contributed by atoms with Gasteiger partial charge in [-0.15, -0.1) is 11.6 Å². The largest absolute Gasteiger partial charge is 0.207 e. The third-order valence-electron chi connectivity index (χ3n) is 2.99. The second-order valence-corrected chi connectivity index (χ2v) is 5.34. The summed E-state index contributed by atoms with van der Waals surface area (Å²) in [6.45, 7) is 3.36. The molecule has 0 radical (unpaired) electrons. The maximum absolute atomic E-state index is 13.6. The second-order valence-electron chi connectivity index (χ2n) is 4.50. The molecule has 0 bridgehead atoms. The first-order chi connectivity index (χ1) is 8.90. The fourth-order valence-corrected chi connectivity index (χ4v) is 2.66. The van der Waals surface area contributed by atoms with Crippen LogP contribution in [-0.4, -0.2) is 0 Å². The molecule has 0 saturated carbocycles. The van der Waals surface area contributed by atoms with Crippen LogP contribution in [0.4, 0.5) is 8.78 Å². The maximum Gasteiger partial charge on any atom is 0.129 e. The van der Waals surface area contributed by atoms with Crippen LogP contribution < -0.4 is 0 Å². The van der Waals surface area contributed by atoms with Crippen LogP contribution >= 0.6 is 23.2 Å². The summed E-state index contributed by atoms with van der Waals surface area (Å²) in [5.41, 5.74) is 2.40. The zero-order valence-electron chi connectivity index (χ0n) is 10.5. The fraction of sp³-hybridized carbons (Fsp3) is 0.200.